The summed E-state index contributed by atoms with van der Waals surface area (Å²) in [5.41, 5.74) is 0.157. The summed E-state index contributed by atoms with van der Waals surface area (Å²) in [6.07, 6.45) is -0.558. The standard InChI is InChI=1S/C13H15FO4/c1-8(2)18-12-5-3-9(7-10(12)14)11(15)4-6-13(16)17/h3,5,7-8H,4,6H2,1-2H3,(H,16,17). The summed E-state index contributed by atoms with van der Waals surface area (Å²) in [6, 6.07) is 3.89. The first-order valence-electron chi connectivity index (χ1n) is 5.61. The summed E-state index contributed by atoms with van der Waals surface area (Å²) < 4.78 is 18.8. The number of carbonyl (C=O) groups excluding carboxylic acids is 1. The highest BCUT2D eigenvalue weighted by molar-refractivity contribution is 5.97. The Bertz CT molecular complexity index is 454. The Morgan fingerprint density at radius 2 is 2.00 bits per heavy atom. The molecule has 1 aromatic carbocycles. The molecule has 0 saturated carbocycles. The molecule has 0 saturated heterocycles. The lowest BCUT2D eigenvalue weighted by Crippen LogP contribution is -2.08. The second-order valence-corrected chi connectivity index (χ2v) is 4.13. The van der Waals surface area contributed by atoms with Crippen molar-refractivity contribution in [3.63, 3.8) is 0 Å². The van der Waals surface area contributed by atoms with Gasteiger partial charge in [0.15, 0.2) is 17.3 Å². The predicted molar refractivity (Wildman–Crippen MR) is 63.4 cm³/mol. The molecule has 0 unspecified atom stereocenters. The van der Waals surface area contributed by atoms with E-state index in [0.717, 1.165) is 6.07 Å². The zero-order valence-corrected chi connectivity index (χ0v) is 10.3. The Morgan fingerprint density at radius 1 is 1.33 bits per heavy atom. The molecule has 1 N–H and O–H groups in total. The third-order valence-electron chi connectivity index (χ3n) is 2.18. The van der Waals surface area contributed by atoms with Gasteiger partial charge in [0.05, 0.1) is 12.5 Å². The topological polar surface area (TPSA) is 63.6 Å². The van der Waals surface area contributed by atoms with E-state index in [1.54, 1.807) is 13.8 Å². The smallest absolute Gasteiger partial charge is 0.303 e. The molecule has 0 aliphatic rings. The molecule has 0 aromatic heterocycles. The number of Topliss-reactive ketones (excluding diaryl/α,β-unsaturated/α-hetero) is 1. The van der Waals surface area contributed by atoms with Gasteiger partial charge in [-0.3, -0.25) is 9.59 Å². The number of carboxylic acids is 1. The Balaban J connectivity index is 2.77. The lowest BCUT2D eigenvalue weighted by atomic mass is 10.1. The van der Waals surface area contributed by atoms with Gasteiger partial charge in [0.2, 0.25) is 0 Å². The quantitative estimate of drug-likeness (QED) is 0.793. The number of hydrogen-bond acceptors (Lipinski definition) is 3. The van der Waals surface area contributed by atoms with Crippen molar-refractivity contribution in [2.75, 3.05) is 0 Å². The number of aliphatic carboxylic acids is 1. The summed E-state index contributed by atoms with van der Waals surface area (Å²) in [5, 5.41) is 8.46. The number of halogens is 1. The zero-order chi connectivity index (χ0) is 13.7. The van der Waals surface area contributed by atoms with Crippen LogP contribution in [0.2, 0.25) is 0 Å². The van der Waals surface area contributed by atoms with Crippen LogP contribution in [0.3, 0.4) is 0 Å². The van der Waals surface area contributed by atoms with Crippen LogP contribution < -0.4 is 4.74 Å². The summed E-state index contributed by atoms with van der Waals surface area (Å²) in [7, 11) is 0. The van der Waals surface area contributed by atoms with Crippen molar-refractivity contribution in [1.29, 1.82) is 0 Å². The van der Waals surface area contributed by atoms with Gasteiger partial charge in [-0.1, -0.05) is 0 Å². The van der Waals surface area contributed by atoms with E-state index < -0.39 is 17.6 Å². The van der Waals surface area contributed by atoms with Gasteiger partial charge in [-0.15, -0.1) is 0 Å². The van der Waals surface area contributed by atoms with Crippen molar-refractivity contribution in [2.45, 2.75) is 32.8 Å². The van der Waals surface area contributed by atoms with Crippen LogP contribution in [0.4, 0.5) is 4.39 Å². The number of rotatable bonds is 6. The summed E-state index contributed by atoms with van der Waals surface area (Å²) in [4.78, 5) is 21.9. The molecule has 0 heterocycles. The second kappa shape index (κ2) is 6.14. The number of benzene rings is 1. The van der Waals surface area contributed by atoms with Crippen LogP contribution >= 0.6 is 0 Å². The molecule has 1 rings (SSSR count). The van der Waals surface area contributed by atoms with Crippen LogP contribution in [0.1, 0.15) is 37.0 Å². The molecule has 0 atom stereocenters. The fourth-order valence-corrected chi connectivity index (χ4v) is 1.39. The lowest BCUT2D eigenvalue weighted by Gasteiger charge is -2.11. The van der Waals surface area contributed by atoms with Crippen LogP contribution in [-0.2, 0) is 4.79 Å². The predicted octanol–water partition coefficient (Wildman–Crippen LogP) is 2.66. The maximum Gasteiger partial charge on any atom is 0.303 e. The van der Waals surface area contributed by atoms with Crippen molar-refractivity contribution in [3.05, 3.63) is 29.6 Å². The molecule has 0 bridgehead atoms. The molecule has 1 aromatic rings. The average Bonchev–Trinajstić information content (AvgIpc) is 2.28. The van der Waals surface area contributed by atoms with Gasteiger partial charge >= 0.3 is 5.97 Å². The highest BCUT2D eigenvalue weighted by Gasteiger charge is 2.12. The Morgan fingerprint density at radius 3 is 2.50 bits per heavy atom. The molecular formula is C13H15FO4. The van der Waals surface area contributed by atoms with Crippen molar-refractivity contribution in [3.8, 4) is 5.75 Å². The SMILES string of the molecule is CC(C)Oc1ccc(C(=O)CCC(=O)O)cc1F. The van der Waals surface area contributed by atoms with E-state index in [2.05, 4.69) is 0 Å². The highest BCUT2D eigenvalue weighted by atomic mass is 19.1. The minimum Gasteiger partial charge on any atom is -0.488 e. The third kappa shape index (κ3) is 4.16. The molecule has 0 aliphatic carbocycles. The Kier molecular flexibility index (Phi) is 4.83. The first-order chi connectivity index (χ1) is 8.40. The molecule has 0 spiro atoms. The minimum atomic E-state index is -1.05. The molecular weight excluding hydrogens is 239 g/mol. The molecule has 0 fully saturated rings. The molecule has 0 aliphatic heterocycles. The van der Waals surface area contributed by atoms with Crippen molar-refractivity contribution >= 4 is 11.8 Å². The van der Waals surface area contributed by atoms with Crippen LogP contribution in [0.15, 0.2) is 18.2 Å². The molecule has 5 heteroatoms. The average molecular weight is 254 g/mol. The van der Waals surface area contributed by atoms with Crippen LogP contribution in [-0.4, -0.2) is 23.0 Å². The van der Waals surface area contributed by atoms with Crippen molar-refractivity contribution in [2.24, 2.45) is 0 Å². The van der Waals surface area contributed by atoms with Gasteiger partial charge in [-0.25, -0.2) is 4.39 Å². The maximum atomic E-state index is 13.6. The maximum absolute atomic E-state index is 13.6. The van der Waals surface area contributed by atoms with Crippen LogP contribution in [0, 0.1) is 5.82 Å². The number of carboxylic acid groups (broad SMARTS) is 1. The normalized spacial score (nSPS) is 10.4. The van der Waals surface area contributed by atoms with E-state index in [1.807, 2.05) is 0 Å². The Hall–Kier alpha value is -1.91. The van der Waals surface area contributed by atoms with Gasteiger partial charge < -0.3 is 9.84 Å². The summed E-state index contributed by atoms with van der Waals surface area (Å²) in [6.45, 7) is 3.54. The van der Waals surface area contributed by atoms with E-state index in [1.165, 1.54) is 12.1 Å². The Labute approximate surface area is 104 Å². The fourth-order valence-electron chi connectivity index (χ4n) is 1.39. The molecule has 18 heavy (non-hydrogen) atoms. The number of carbonyl (C=O) groups is 2. The van der Waals surface area contributed by atoms with E-state index >= 15 is 0 Å². The monoisotopic (exact) mass is 254 g/mol. The summed E-state index contributed by atoms with van der Waals surface area (Å²) in [5.74, 6) is -1.99. The number of ketones is 1. The van der Waals surface area contributed by atoms with E-state index in [9.17, 15) is 14.0 Å². The molecule has 4 nitrogen and oxygen atoms in total. The summed E-state index contributed by atoms with van der Waals surface area (Å²) >= 11 is 0. The van der Waals surface area contributed by atoms with Gasteiger partial charge in [0, 0.05) is 12.0 Å². The van der Waals surface area contributed by atoms with E-state index in [0.29, 0.717) is 0 Å². The van der Waals surface area contributed by atoms with Gasteiger partial charge in [-0.2, -0.15) is 0 Å². The highest BCUT2D eigenvalue weighted by Crippen LogP contribution is 2.20. The number of hydrogen-bond donors (Lipinski definition) is 1. The van der Waals surface area contributed by atoms with Crippen molar-refractivity contribution < 1.29 is 23.8 Å². The van der Waals surface area contributed by atoms with Gasteiger partial charge in [0.1, 0.15) is 0 Å². The number of ether oxygens (including phenoxy) is 1. The van der Waals surface area contributed by atoms with Gasteiger partial charge in [0.25, 0.3) is 0 Å². The van der Waals surface area contributed by atoms with Crippen molar-refractivity contribution in [1.82, 2.24) is 0 Å². The second-order valence-electron chi connectivity index (χ2n) is 4.13. The van der Waals surface area contributed by atoms with E-state index in [4.69, 9.17) is 9.84 Å². The molecule has 0 amide bonds. The van der Waals surface area contributed by atoms with Gasteiger partial charge in [-0.05, 0) is 32.0 Å². The molecule has 98 valence electrons. The zero-order valence-electron chi connectivity index (χ0n) is 10.3. The lowest BCUT2D eigenvalue weighted by molar-refractivity contribution is -0.136. The fraction of sp³-hybridized carbons (Fsp3) is 0.385. The first-order valence-corrected chi connectivity index (χ1v) is 5.61. The largest absolute Gasteiger partial charge is 0.488 e. The van der Waals surface area contributed by atoms with Crippen LogP contribution in [0.5, 0.6) is 5.75 Å². The molecule has 0 radical (unpaired) electrons. The third-order valence-corrected chi connectivity index (χ3v) is 2.18. The van der Waals surface area contributed by atoms with Crippen LogP contribution in [0.25, 0.3) is 0 Å². The van der Waals surface area contributed by atoms with E-state index in [-0.39, 0.29) is 30.3 Å². The first kappa shape index (κ1) is 14.2. The minimum absolute atomic E-state index is 0.0831.